The van der Waals surface area contributed by atoms with Crippen molar-refractivity contribution in [3.8, 4) is 34.6 Å². The number of nitrogens with zero attached hydrogens (tertiary/aromatic N) is 5. The zero-order valence-corrected chi connectivity index (χ0v) is 27.7. The summed E-state index contributed by atoms with van der Waals surface area (Å²) in [6.45, 7) is 7.17. The summed E-state index contributed by atoms with van der Waals surface area (Å²) < 4.78 is 46.0. The van der Waals surface area contributed by atoms with Crippen LogP contribution in [0.15, 0.2) is 36.4 Å². The van der Waals surface area contributed by atoms with Gasteiger partial charge in [-0.05, 0) is 36.5 Å². The lowest BCUT2D eigenvalue weighted by molar-refractivity contribution is 0.356. The van der Waals surface area contributed by atoms with E-state index in [1.807, 2.05) is 0 Å². The highest BCUT2D eigenvalue weighted by Gasteiger charge is 2.30. The number of ether oxygens (including phenoxy) is 3. The van der Waals surface area contributed by atoms with Gasteiger partial charge in [0.2, 0.25) is 21.9 Å². The molecule has 2 heterocycles. The van der Waals surface area contributed by atoms with E-state index in [1.165, 1.54) is 56.2 Å². The van der Waals surface area contributed by atoms with Crippen molar-refractivity contribution in [1.29, 1.82) is 0 Å². The minimum Gasteiger partial charge on any atom is -0.494 e. The van der Waals surface area contributed by atoms with Gasteiger partial charge in [-0.1, -0.05) is 84.3 Å². The number of para-hydroxylation sites is 1. The molecule has 0 aliphatic rings. The Kier molecular flexibility index (Phi) is 12.7. The Hall–Kier alpha value is -3.34. The third-order valence-electron chi connectivity index (χ3n) is 7.34. The smallest absolute Gasteiger partial charge is 0.246 e. The maximum atomic E-state index is 13.2. The van der Waals surface area contributed by atoms with Gasteiger partial charge in [0.25, 0.3) is 0 Å². The minimum atomic E-state index is -3.71. The number of methoxy groups -OCH3 is 3. The minimum absolute atomic E-state index is 0.139. The third kappa shape index (κ3) is 9.84. The zero-order chi connectivity index (χ0) is 31.5. The van der Waals surface area contributed by atoms with Crippen LogP contribution in [0.5, 0.6) is 17.4 Å². The maximum absolute atomic E-state index is 13.2. The van der Waals surface area contributed by atoms with Crippen LogP contribution in [0, 0.1) is 5.41 Å². The molecule has 0 atom stereocenters. The second-order valence-corrected chi connectivity index (χ2v) is 14.0. The highest BCUT2D eigenvalue weighted by atomic mass is 32.2. The molecule has 0 saturated heterocycles. The molecule has 238 valence electrons. The van der Waals surface area contributed by atoms with Crippen LogP contribution in [0.2, 0.25) is 0 Å². The van der Waals surface area contributed by atoms with Crippen LogP contribution in [-0.4, -0.2) is 62.3 Å². The van der Waals surface area contributed by atoms with Gasteiger partial charge in [-0.15, -0.1) is 10.2 Å². The summed E-state index contributed by atoms with van der Waals surface area (Å²) in [7, 11) is 0.921. The van der Waals surface area contributed by atoms with E-state index in [0.29, 0.717) is 46.4 Å². The zero-order valence-electron chi connectivity index (χ0n) is 26.9. The second kappa shape index (κ2) is 15.9. The Bertz CT molecular complexity index is 1380. The monoisotopic (exact) mass is 615 g/mol. The predicted octanol–water partition coefficient (Wildman–Crippen LogP) is 7.07. The number of anilines is 1. The number of sulfonamides is 1. The third-order valence-corrected chi connectivity index (χ3v) is 8.49. The first-order chi connectivity index (χ1) is 20.5. The van der Waals surface area contributed by atoms with Gasteiger partial charge in [0, 0.05) is 12.6 Å². The van der Waals surface area contributed by atoms with Crippen molar-refractivity contribution < 1.29 is 22.6 Å². The van der Waals surface area contributed by atoms with Gasteiger partial charge in [-0.3, -0.25) is 4.57 Å². The molecule has 0 aliphatic carbocycles. The van der Waals surface area contributed by atoms with E-state index in [4.69, 9.17) is 14.2 Å². The number of hydrogen-bond acceptors (Lipinski definition) is 8. The Morgan fingerprint density at radius 3 is 1.86 bits per heavy atom. The Morgan fingerprint density at radius 1 is 0.767 bits per heavy atom. The molecule has 3 rings (SSSR count). The van der Waals surface area contributed by atoms with Crippen molar-refractivity contribution >= 4 is 16.0 Å². The molecule has 0 saturated carbocycles. The van der Waals surface area contributed by atoms with Crippen LogP contribution >= 0.6 is 0 Å². The lowest BCUT2D eigenvalue weighted by Crippen LogP contribution is -2.33. The fraction of sp³-hybridized carbons (Fsp3) is 0.594. The summed E-state index contributed by atoms with van der Waals surface area (Å²) in [6.07, 6.45) is 12.6. The van der Waals surface area contributed by atoms with Crippen LogP contribution in [0.1, 0.15) is 85.0 Å². The van der Waals surface area contributed by atoms with E-state index >= 15 is 0 Å². The lowest BCUT2D eigenvalue weighted by atomic mass is 9.89. The maximum Gasteiger partial charge on any atom is 0.246 e. The number of rotatable bonds is 18. The van der Waals surface area contributed by atoms with Crippen molar-refractivity contribution in [3.63, 3.8) is 0 Å². The highest BCUT2D eigenvalue weighted by Crippen LogP contribution is 2.38. The number of benzene rings is 1. The number of unbranched alkanes of at least 4 members (excludes halogenated alkanes) is 8. The SMILES string of the molecule is COc1cccc(-c2nnc(N(CCCCCCCCCCCC(C)(C)C)S(C)(=O)=O)n2-c2c(OC)cccc2OC)n1. The average molecular weight is 616 g/mol. The molecule has 10 nitrogen and oxygen atoms in total. The quantitative estimate of drug-likeness (QED) is 0.140. The van der Waals surface area contributed by atoms with Gasteiger partial charge in [0.05, 0.1) is 27.6 Å². The predicted molar refractivity (Wildman–Crippen MR) is 172 cm³/mol. The molecule has 0 unspecified atom stereocenters. The summed E-state index contributed by atoms with van der Waals surface area (Å²) in [5.41, 5.74) is 1.35. The number of hydrogen-bond donors (Lipinski definition) is 0. The van der Waals surface area contributed by atoms with Crippen molar-refractivity contribution in [2.24, 2.45) is 5.41 Å². The van der Waals surface area contributed by atoms with E-state index in [1.54, 1.807) is 55.2 Å². The van der Waals surface area contributed by atoms with E-state index in [9.17, 15) is 8.42 Å². The average Bonchev–Trinajstić information content (AvgIpc) is 3.40. The Balaban J connectivity index is 1.80. The Labute approximate surface area is 257 Å². The molecule has 1 aromatic carbocycles. The summed E-state index contributed by atoms with van der Waals surface area (Å²) in [6, 6.07) is 10.6. The fourth-order valence-electron chi connectivity index (χ4n) is 5.08. The molecule has 43 heavy (non-hydrogen) atoms. The normalized spacial score (nSPS) is 11.9. The van der Waals surface area contributed by atoms with Crippen LogP contribution in [0.4, 0.5) is 5.95 Å². The second-order valence-electron chi connectivity index (χ2n) is 12.1. The summed E-state index contributed by atoms with van der Waals surface area (Å²) in [5.74, 6) is 1.80. The molecular formula is C32H49N5O5S. The summed E-state index contributed by atoms with van der Waals surface area (Å²) in [5, 5.41) is 8.80. The molecule has 0 spiro atoms. The largest absolute Gasteiger partial charge is 0.494 e. The van der Waals surface area contributed by atoms with Gasteiger partial charge in [-0.25, -0.2) is 17.7 Å². The molecule has 0 amide bonds. The summed E-state index contributed by atoms with van der Waals surface area (Å²) >= 11 is 0. The van der Waals surface area contributed by atoms with Gasteiger partial charge in [0.15, 0.2) is 5.82 Å². The standard InChI is InChI=1S/C32H49N5O5S/c1-32(2,3)23-15-13-11-9-8-10-12-14-16-24-36(43(7,38)39)31-35-34-30(25-19-17-22-28(33-25)42-6)37(31)29-26(40-4)20-18-21-27(29)41-5/h17-22H,8-16,23-24H2,1-7H3. The number of aromatic nitrogens is 4. The molecule has 2 aromatic heterocycles. The molecule has 3 aromatic rings. The van der Waals surface area contributed by atoms with E-state index in [0.717, 1.165) is 19.3 Å². The molecule has 11 heteroatoms. The van der Waals surface area contributed by atoms with Crippen molar-refractivity contribution in [1.82, 2.24) is 19.7 Å². The molecular weight excluding hydrogens is 566 g/mol. The van der Waals surface area contributed by atoms with Crippen LogP contribution < -0.4 is 18.5 Å². The van der Waals surface area contributed by atoms with Gasteiger partial charge < -0.3 is 14.2 Å². The lowest BCUT2D eigenvalue weighted by Gasteiger charge is -2.24. The molecule has 0 aliphatic heterocycles. The highest BCUT2D eigenvalue weighted by molar-refractivity contribution is 7.92. The first kappa shape index (κ1) is 34.2. The van der Waals surface area contributed by atoms with Crippen LogP contribution in [-0.2, 0) is 10.0 Å². The Morgan fingerprint density at radius 2 is 1.33 bits per heavy atom. The van der Waals surface area contributed by atoms with E-state index in [2.05, 4.69) is 36.0 Å². The van der Waals surface area contributed by atoms with Gasteiger partial charge >= 0.3 is 0 Å². The van der Waals surface area contributed by atoms with Crippen LogP contribution in [0.3, 0.4) is 0 Å². The molecule has 0 fully saturated rings. The van der Waals surface area contributed by atoms with Crippen molar-refractivity contribution in [2.75, 3.05) is 38.4 Å². The topological polar surface area (TPSA) is 109 Å². The van der Waals surface area contributed by atoms with Crippen molar-refractivity contribution in [3.05, 3.63) is 36.4 Å². The van der Waals surface area contributed by atoms with Crippen LogP contribution in [0.25, 0.3) is 17.2 Å². The first-order valence-corrected chi connectivity index (χ1v) is 17.0. The van der Waals surface area contributed by atoms with Gasteiger partial charge in [0.1, 0.15) is 22.9 Å². The fourth-order valence-corrected chi connectivity index (χ4v) is 5.95. The molecule has 0 N–H and O–H groups in total. The van der Waals surface area contributed by atoms with E-state index < -0.39 is 10.0 Å². The summed E-state index contributed by atoms with van der Waals surface area (Å²) in [4.78, 5) is 4.54. The molecule has 0 bridgehead atoms. The van der Waals surface area contributed by atoms with Gasteiger partial charge in [-0.2, -0.15) is 0 Å². The first-order valence-electron chi connectivity index (χ1n) is 15.2. The number of pyridine rings is 1. The molecule has 0 radical (unpaired) electrons. The van der Waals surface area contributed by atoms with Crippen molar-refractivity contribution in [2.45, 2.75) is 85.0 Å². The van der Waals surface area contributed by atoms with E-state index in [-0.39, 0.29) is 12.5 Å².